The highest BCUT2D eigenvalue weighted by atomic mass is 35.5. The number of nitrogens with zero attached hydrogens (tertiary/aromatic N) is 1. The predicted molar refractivity (Wildman–Crippen MR) is 80.2 cm³/mol. The number of halogens is 1. The van der Waals surface area contributed by atoms with E-state index in [-0.39, 0.29) is 25.5 Å². The van der Waals surface area contributed by atoms with Crippen molar-refractivity contribution < 1.29 is 14.7 Å². The standard InChI is InChI=1S/C14H14N2O3.ClH/c15-8-9-16(13(17)14(18)19)12-7-3-5-10-4-1-2-6-11(10)12;/h1-7H,8-9,15H2,(H,18,19);1H. The molecule has 0 aliphatic rings. The number of carboxylic acid groups (broad SMARTS) is 1. The third-order valence-corrected chi connectivity index (χ3v) is 2.84. The fraction of sp³-hybridized carbons (Fsp3) is 0.143. The zero-order chi connectivity index (χ0) is 13.8. The molecule has 0 spiro atoms. The van der Waals surface area contributed by atoms with Gasteiger partial charge in [-0.05, 0) is 11.5 Å². The lowest BCUT2D eigenvalue weighted by atomic mass is 10.1. The topological polar surface area (TPSA) is 83.6 Å². The summed E-state index contributed by atoms with van der Waals surface area (Å²) in [5, 5.41) is 10.7. The minimum atomic E-state index is -1.48. The Morgan fingerprint density at radius 2 is 1.75 bits per heavy atom. The van der Waals surface area contributed by atoms with Crippen LogP contribution in [0.3, 0.4) is 0 Å². The van der Waals surface area contributed by atoms with Crippen molar-refractivity contribution in [1.29, 1.82) is 0 Å². The molecule has 0 aromatic heterocycles. The highest BCUT2D eigenvalue weighted by Gasteiger charge is 2.23. The number of hydrogen-bond acceptors (Lipinski definition) is 3. The second kappa shape index (κ2) is 6.88. The van der Waals surface area contributed by atoms with Crippen molar-refractivity contribution in [1.82, 2.24) is 0 Å². The molecular weight excluding hydrogens is 280 g/mol. The number of aliphatic carboxylic acids is 1. The van der Waals surface area contributed by atoms with Gasteiger partial charge in [-0.2, -0.15) is 0 Å². The van der Waals surface area contributed by atoms with Crippen LogP contribution in [-0.2, 0) is 9.59 Å². The largest absolute Gasteiger partial charge is 0.474 e. The van der Waals surface area contributed by atoms with Gasteiger partial charge in [0.1, 0.15) is 0 Å². The molecule has 0 aliphatic heterocycles. The third kappa shape index (κ3) is 3.07. The van der Waals surface area contributed by atoms with Crippen LogP contribution in [-0.4, -0.2) is 30.1 Å². The summed E-state index contributed by atoms with van der Waals surface area (Å²) >= 11 is 0. The van der Waals surface area contributed by atoms with Gasteiger partial charge < -0.3 is 15.7 Å². The van der Waals surface area contributed by atoms with Crippen LogP contribution in [0.4, 0.5) is 5.69 Å². The van der Waals surface area contributed by atoms with E-state index in [1.165, 1.54) is 4.90 Å². The van der Waals surface area contributed by atoms with Crippen LogP contribution in [0.15, 0.2) is 42.5 Å². The lowest BCUT2D eigenvalue weighted by Gasteiger charge is -2.21. The average Bonchev–Trinajstić information content (AvgIpc) is 2.43. The molecule has 0 fully saturated rings. The third-order valence-electron chi connectivity index (χ3n) is 2.84. The maximum atomic E-state index is 11.7. The molecule has 2 rings (SSSR count). The van der Waals surface area contributed by atoms with Crippen LogP contribution in [0.5, 0.6) is 0 Å². The molecule has 5 nitrogen and oxygen atoms in total. The van der Waals surface area contributed by atoms with E-state index in [0.717, 1.165) is 10.8 Å². The molecule has 0 saturated heterocycles. The molecule has 2 aromatic rings. The van der Waals surface area contributed by atoms with Crippen molar-refractivity contribution in [3.8, 4) is 0 Å². The van der Waals surface area contributed by atoms with E-state index in [1.807, 2.05) is 30.3 Å². The Labute approximate surface area is 122 Å². The first-order chi connectivity index (χ1) is 9.15. The van der Waals surface area contributed by atoms with Crippen molar-refractivity contribution in [2.45, 2.75) is 0 Å². The number of carboxylic acids is 1. The molecule has 3 N–H and O–H groups in total. The number of anilines is 1. The van der Waals surface area contributed by atoms with E-state index in [9.17, 15) is 9.59 Å². The van der Waals surface area contributed by atoms with E-state index in [2.05, 4.69) is 0 Å². The number of fused-ring (bicyclic) bond motifs is 1. The summed E-state index contributed by atoms with van der Waals surface area (Å²) in [4.78, 5) is 23.8. The maximum Gasteiger partial charge on any atom is 0.394 e. The molecule has 20 heavy (non-hydrogen) atoms. The first-order valence-electron chi connectivity index (χ1n) is 5.87. The summed E-state index contributed by atoms with van der Waals surface area (Å²) in [5.74, 6) is -2.46. The van der Waals surface area contributed by atoms with Gasteiger partial charge in [0, 0.05) is 18.5 Å². The maximum absolute atomic E-state index is 11.7. The van der Waals surface area contributed by atoms with E-state index in [4.69, 9.17) is 10.8 Å². The van der Waals surface area contributed by atoms with Crippen molar-refractivity contribution in [2.75, 3.05) is 18.0 Å². The second-order valence-electron chi connectivity index (χ2n) is 4.05. The quantitative estimate of drug-likeness (QED) is 0.843. The smallest absolute Gasteiger partial charge is 0.394 e. The molecule has 0 saturated carbocycles. The Balaban J connectivity index is 0.00000200. The second-order valence-corrected chi connectivity index (χ2v) is 4.05. The minimum absolute atomic E-state index is 0. The van der Waals surface area contributed by atoms with Gasteiger partial charge in [0.25, 0.3) is 0 Å². The lowest BCUT2D eigenvalue weighted by molar-refractivity contribution is -0.148. The van der Waals surface area contributed by atoms with Crippen molar-refractivity contribution in [3.05, 3.63) is 42.5 Å². The molecular formula is C14H15ClN2O3. The average molecular weight is 295 g/mol. The molecule has 0 aliphatic carbocycles. The summed E-state index contributed by atoms with van der Waals surface area (Å²) in [5.41, 5.74) is 6.03. The van der Waals surface area contributed by atoms with Gasteiger partial charge in [-0.3, -0.25) is 4.79 Å². The van der Waals surface area contributed by atoms with E-state index >= 15 is 0 Å². The molecule has 6 heteroatoms. The SMILES string of the molecule is Cl.NCCN(C(=O)C(=O)O)c1cccc2ccccc12. The molecule has 0 atom stereocenters. The van der Waals surface area contributed by atoms with Crippen LogP contribution in [0.2, 0.25) is 0 Å². The highest BCUT2D eigenvalue weighted by molar-refractivity contribution is 6.38. The fourth-order valence-corrected chi connectivity index (χ4v) is 2.02. The number of carbonyl (C=O) groups excluding carboxylic acids is 1. The molecule has 106 valence electrons. The summed E-state index contributed by atoms with van der Waals surface area (Å²) in [6.07, 6.45) is 0. The molecule has 2 aromatic carbocycles. The normalized spacial score (nSPS) is 9.85. The number of nitrogens with two attached hydrogens (primary N) is 1. The number of hydrogen-bond donors (Lipinski definition) is 2. The Kier molecular flexibility index (Phi) is 5.49. The Hall–Kier alpha value is -2.11. The fourth-order valence-electron chi connectivity index (χ4n) is 2.02. The van der Waals surface area contributed by atoms with Gasteiger partial charge in [0.2, 0.25) is 0 Å². The van der Waals surface area contributed by atoms with Crippen molar-refractivity contribution >= 4 is 40.7 Å². The van der Waals surface area contributed by atoms with Crippen LogP contribution in [0.1, 0.15) is 0 Å². The van der Waals surface area contributed by atoms with E-state index < -0.39 is 11.9 Å². The Morgan fingerprint density at radius 3 is 2.40 bits per heavy atom. The molecule has 0 heterocycles. The predicted octanol–water partition coefficient (Wildman–Crippen LogP) is 1.64. The van der Waals surface area contributed by atoms with Crippen molar-refractivity contribution in [3.63, 3.8) is 0 Å². The monoisotopic (exact) mass is 294 g/mol. The zero-order valence-corrected chi connectivity index (χ0v) is 11.5. The van der Waals surface area contributed by atoms with Gasteiger partial charge in [-0.15, -0.1) is 12.4 Å². The van der Waals surface area contributed by atoms with E-state index in [1.54, 1.807) is 12.1 Å². The number of rotatable bonds is 3. The summed E-state index contributed by atoms with van der Waals surface area (Å²) < 4.78 is 0. The molecule has 0 unspecified atom stereocenters. The first kappa shape index (κ1) is 15.9. The van der Waals surface area contributed by atoms with Crippen LogP contribution < -0.4 is 10.6 Å². The van der Waals surface area contributed by atoms with Crippen LogP contribution in [0.25, 0.3) is 10.8 Å². The van der Waals surface area contributed by atoms with Gasteiger partial charge in [0.15, 0.2) is 0 Å². The molecule has 0 radical (unpaired) electrons. The van der Waals surface area contributed by atoms with Gasteiger partial charge in [-0.25, -0.2) is 4.79 Å². The first-order valence-corrected chi connectivity index (χ1v) is 5.87. The summed E-state index contributed by atoms with van der Waals surface area (Å²) in [7, 11) is 0. The van der Waals surface area contributed by atoms with Crippen LogP contribution in [0, 0.1) is 0 Å². The zero-order valence-electron chi connectivity index (χ0n) is 10.7. The summed E-state index contributed by atoms with van der Waals surface area (Å²) in [6, 6.07) is 12.9. The summed E-state index contributed by atoms with van der Waals surface area (Å²) in [6.45, 7) is 0.362. The molecule has 1 amide bonds. The van der Waals surface area contributed by atoms with Gasteiger partial charge in [-0.1, -0.05) is 36.4 Å². The van der Waals surface area contributed by atoms with Gasteiger partial charge >= 0.3 is 11.9 Å². The highest BCUT2D eigenvalue weighted by Crippen LogP contribution is 2.26. The van der Waals surface area contributed by atoms with Crippen molar-refractivity contribution in [2.24, 2.45) is 5.73 Å². The van der Waals surface area contributed by atoms with E-state index in [0.29, 0.717) is 5.69 Å². The van der Waals surface area contributed by atoms with Gasteiger partial charge in [0.05, 0.1) is 5.69 Å². The van der Waals surface area contributed by atoms with Crippen LogP contribution >= 0.6 is 12.4 Å². The Morgan fingerprint density at radius 1 is 1.10 bits per heavy atom. The number of benzene rings is 2. The lowest BCUT2D eigenvalue weighted by Crippen LogP contribution is -2.39. The molecule has 0 bridgehead atoms. The number of amides is 1. The minimum Gasteiger partial charge on any atom is -0.474 e. The Bertz CT molecular complexity index is 625. The number of carbonyl (C=O) groups is 2.